The van der Waals surface area contributed by atoms with Gasteiger partial charge in [0.2, 0.25) is 5.91 Å². The van der Waals surface area contributed by atoms with Crippen LogP contribution in [0.2, 0.25) is 0 Å². The summed E-state index contributed by atoms with van der Waals surface area (Å²) < 4.78 is 5.65. The van der Waals surface area contributed by atoms with Gasteiger partial charge in [-0.3, -0.25) is 14.9 Å². The number of ether oxygens (including phenoxy) is 1. The Morgan fingerprint density at radius 2 is 1.96 bits per heavy atom. The maximum absolute atomic E-state index is 11.4. The monoisotopic (exact) mass is 320 g/mol. The molecule has 0 aliphatic carbocycles. The van der Waals surface area contributed by atoms with Crippen molar-refractivity contribution in [3.63, 3.8) is 0 Å². The second-order valence-electron chi connectivity index (χ2n) is 6.38. The minimum absolute atomic E-state index is 0.0149. The summed E-state index contributed by atoms with van der Waals surface area (Å²) in [4.78, 5) is 24.1. The lowest BCUT2D eigenvalue weighted by atomic mass is 9.86. The van der Waals surface area contributed by atoms with Crippen LogP contribution in [0, 0.1) is 17.0 Å². The van der Waals surface area contributed by atoms with Gasteiger partial charge in [0.05, 0.1) is 11.0 Å². The van der Waals surface area contributed by atoms with E-state index in [0.717, 1.165) is 37.1 Å². The molecule has 0 atom stereocenters. The summed E-state index contributed by atoms with van der Waals surface area (Å²) in [7, 11) is 0. The molecule has 1 amide bonds. The first-order chi connectivity index (χ1) is 10.8. The second kappa shape index (κ2) is 6.98. The van der Waals surface area contributed by atoms with Crippen molar-refractivity contribution in [2.24, 2.45) is 0 Å². The number of hydrogen-bond acceptors (Lipinski definition) is 4. The van der Waals surface area contributed by atoms with Crippen molar-refractivity contribution in [3.05, 3.63) is 33.4 Å². The molecular weight excluding hydrogens is 296 g/mol. The molecule has 0 radical (unpaired) electrons. The van der Waals surface area contributed by atoms with E-state index in [-0.39, 0.29) is 17.7 Å². The number of piperidine rings is 1. The summed E-state index contributed by atoms with van der Waals surface area (Å²) >= 11 is 0. The van der Waals surface area contributed by atoms with Gasteiger partial charge in [-0.2, -0.15) is 0 Å². The fourth-order valence-electron chi connectivity index (χ4n) is 3.12. The van der Waals surface area contributed by atoms with Crippen LogP contribution in [-0.4, -0.2) is 34.9 Å². The SMILES string of the molecule is CC(=O)N1CCC(c2cc(OC(C)C)c([N+](=O)[O-])cc2C)CC1. The molecule has 1 fully saturated rings. The summed E-state index contributed by atoms with van der Waals surface area (Å²) in [6.45, 7) is 8.67. The second-order valence-corrected chi connectivity index (χ2v) is 6.38. The minimum atomic E-state index is -0.396. The topological polar surface area (TPSA) is 72.7 Å². The summed E-state index contributed by atoms with van der Waals surface area (Å²) in [6, 6.07) is 3.42. The van der Waals surface area contributed by atoms with Crippen LogP contribution in [0.15, 0.2) is 12.1 Å². The molecule has 0 spiro atoms. The van der Waals surface area contributed by atoms with Crippen molar-refractivity contribution in [3.8, 4) is 5.75 Å². The van der Waals surface area contributed by atoms with Crippen LogP contribution in [0.4, 0.5) is 5.69 Å². The molecular formula is C17H24N2O4. The lowest BCUT2D eigenvalue weighted by Crippen LogP contribution is -2.36. The molecule has 6 nitrogen and oxygen atoms in total. The molecule has 23 heavy (non-hydrogen) atoms. The van der Waals surface area contributed by atoms with Crippen molar-refractivity contribution >= 4 is 11.6 Å². The molecule has 6 heteroatoms. The van der Waals surface area contributed by atoms with Crippen LogP contribution < -0.4 is 4.74 Å². The molecule has 1 saturated heterocycles. The van der Waals surface area contributed by atoms with Crippen molar-refractivity contribution < 1.29 is 14.5 Å². The number of hydrogen-bond donors (Lipinski definition) is 0. The lowest BCUT2D eigenvalue weighted by molar-refractivity contribution is -0.386. The highest BCUT2D eigenvalue weighted by Crippen LogP contribution is 2.37. The minimum Gasteiger partial charge on any atom is -0.484 e. The van der Waals surface area contributed by atoms with E-state index in [4.69, 9.17) is 4.74 Å². The number of amides is 1. The molecule has 0 N–H and O–H groups in total. The van der Waals surface area contributed by atoms with E-state index in [1.54, 1.807) is 13.0 Å². The molecule has 0 aromatic heterocycles. The zero-order valence-electron chi connectivity index (χ0n) is 14.2. The first kappa shape index (κ1) is 17.2. The molecule has 0 saturated carbocycles. The van der Waals surface area contributed by atoms with Crippen LogP contribution in [0.5, 0.6) is 5.75 Å². The van der Waals surface area contributed by atoms with Gasteiger partial charge in [-0.1, -0.05) is 0 Å². The Kier molecular flexibility index (Phi) is 5.23. The number of carbonyl (C=O) groups is 1. The Hall–Kier alpha value is -2.11. The number of rotatable bonds is 4. The van der Waals surface area contributed by atoms with Gasteiger partial charge in [-0.05, 0) is 56.7 Å². The van der Waals surface area contributed by atoms with Crippen LogP contribution in [0.25, 0.3) is 0 Å². The highest BCUT2D eigenvalue weighted by molar-refractivity contribution is 5.73. The van der Waals surface area contributed by atoms with Crippen molar-refractivity contribution in [1.82, 2.24) is 4.90 Å². The maximum Gasteiger partial charge on any atom is 0.311 e. The lowest BCUT2D eigenvalue weighted by Gasteiger charge is -2.32. The molecule has 1 aromatic rings. The Morgan fingerprint density at radius 1 is 1.35 bits per heavy atom. The van der Waals surface area contributed by atoms with Gasteiger partial charge in [0, 0.05) is 26.1 Å². The standard InChI is InChI=1S/C17H24N2O4/c1-11(2)23-17-10-15(12(3)9-16(17)19(21)22)14-5-7-18(8-6-14)13(4)20/h9-11,14H,5-8H2,1-4H3. The quantitative estimate of drug-likeness (QED) is 0.629. The third kappa shape index (κ3) is 4.00. The Balaban J connectivity index is 2.29. The van der Waals surface area contributed by atoms with E-state index < -0.39 is 4.92 Å². The molecule has 1 heterocycles. The third-order valence-electron chi connectivity index (χ3n) is 4.29. The summed E-state index contributed by atoms with van der Waals surface area (Å²) in [5.74, 6) is 0.744. The average molecular weight is 320 g/mol. The molecule has 2 rings (SSSR count). The zero-order valence-corrected chi connectivity index (χ0v) is 14.2. The number of nitro groups is 1. The Bertz CT molecular complexity index is 605. The van der Waals surface area contributed by atoms with E-state index in [9.17, 15) is 14.9 Å². The number of likely N-dealkylation sites (tertiary alicyclic amines) is 1. The van der Waals surface area contributed by atoms with Crippen molar-refractivity contribution in [2.75, 3.05) is 13.1 Å². The number of nitro benzene ring substituents is 1. The van der Waals surface area contributed by atoms with Gasteiger partial charge in [0.1, 0.15) is 0 Å². The Morgan fingerprint density at radius 3 is 2.43 bits per heavy atom. The highest BCUT2D eigenvalue weighted by Gasteiger charge is 2.26. The van der Waals surface area contributed by atoms with Gasteiger partial charge in [-0.25, -0.2) is 0 Å². The smallest absolute Gasteiger partial charge is 0.311 e. The zero-order chi connectivity index (χ0) is 17.1. The molecule has 0 bridgehead atoms. The molecule has 0 unspecified atom stereocenters. The van der Waals surface area contributed by atoms with Gasteiger partial charge >= 0.3 is 5.69 Å². The molecule has 126 valence electrons. The van der Waals surface area contributed by atoms with E-state index in [0.29, 0.717) is 11.7 Å². The van der Waals surface area contributed by atoms with Gasteiger partial charge < -0.3 is 9.64 Å². The predicted octanol–water partition coefficient (Wildman–Crippen LogP) is 3.42. The summed E-state index contributed by atoms with van der Waals surface area (Å²) in [6.07, 6.45) is 1.63. The van der Waals surface area contributed by atoms with Crippen LogP contribution in [0.3, 0.4) is 0 Å². The maximum atomic E-state index is 11.4. The van der Waals surface area contributed by atoms with Crippen LogP contribution in [0.1, 0.15) is 50.7 Å². The Labute approximate surface area is 136 Å². The normalized spacial score (nSPS) is 15.8. The number of carbonyl (C=O) groups excluding carboxylic acids is 1. The fourth-order valence-corrected chi connectivity index (χ4v) is 3.12. The third-order valence-corrected chi connectivity index (χ3v) is 4.29. The molecule has 1 aliphatic rings. The van der Waals surface area contributed by atoms with Crippen LogP contribution >= 0.6 is 0 Å². The average Bonchev–Trinajstić information content (AvgIpc) is 2.48. The number of aryl methyl sites for hydroxylation is 1. The molecule has 1 aromatic carbocycles. The molecule has 1 aliphatic heterocycles. The van der Waals surface area contributed by atoms with E-state index in [1.165, 1.54) is 0 Å². The van der Waals surface area contributed by atoms with E-state index in [2.05, 4.69) is 0 Å². The predicted molar refractivity (Wildman–Crippen MR) is 87.8 cm³/mol. The number of benzene rings is 1. The van der Waals surface area contributed by atoms with Gasteiger partial charge in [0.25, 0.3) is 0 Å². The van der Waals surface area contributed by atoms with Crippen molar-refractivity contribution in [1.29, 1.82) is 0 Å². The van der Waals surface area contributed by atoms with E-state index >= 15 is 0 Å². The van der Waals surface area contributed by atoms with Gasteiger partial charge in [0.15, 0.2) is 5.75 Å². The summed E-state index contributed by atoms with van der Waals surface area (Å²) in [5.41, 5.74) is 2.02. The van der Waals surface area contributed by atoms with E-state index in [1.807, 2.05) is 31.7 Å². The fraction of sp³-hybridized carbons (Fsp3) is 0.588. The first-order valence-electron chi connectivity index (χ1n) is 8.00. The first-order valence-corrected chi connectivity index (χ1v) is 8.00. The summed E-state index contributed by atoms with van der Waals surface area (Å²) in [5, 5.41) is 11.2. The van der Waals surface area contributed by atoms with Gasteiger partial charge in [-0.15, -0.1) is 0 Å². The number of nitrogens with zero attached hydrogens (tertiary/aromatic N) is 2. The highest BCUT2D eigenvalue weighted by atomic mass is 16.6. The van der Waals surface area contributed by atoms with Crippen molar-refractivity contribution in [2.45, 2.75) is 52.6 Å². The largest absolute Gasteiger partial charge is 0.484 e. The van der Waals surface area contributed by atoms with Crippen LogP contribution in [-0.2, 0) is 4.79 Å².